The molecule has 0 bridgehead atoms. The molecule has 2 aromatic heterocycles. The zero-order chi connectivity index (χ0) is 10.7. The third-order valence-corrected chi connectivity index (χ3v) is 3.26. The van der Waals surface area contributed by atoms with Crippen molar-refractivity contribution in [3.05, 3.63) is 52.0 Å². The van der Waals surface area contributed by atoms with Crippen LogP contribution in [0.2, 0.25) is 0 Å². The second-order valence-electron chi connectivity index (χ2n) is 3.51. The molecule has 78 valence electrons. The summed E-state index contributed by atoms with van der Waals surface area (Å²) in [5, 5.41) is 7.61. The van der Waals surface area contributed by atoms with E-state index in [9.17, 15) is 0 Å². The molecule has 0 saturated heterocycles. The number of nitrogens with zero attached hydrogens (tertiary/aromatic N) is 1. The summed E-state index contributed by atoms with van der Waals surface area (Å²) in [4.78, 5) is 4.19. The molecule has 2 rings (SSSR count). The molecule has 1 unspecified atom stereocenters. The molecule has 0 aromatic carbocycles. The summed E-state index contributed by atoms with van der Waals surface area (Å²) in [5.74, 6) is 0. The largest absolute Gasteiger partial charge is 0.309 e. The van der Waals surface area contributed by atoms with E-state index in [4.69, 9.17) is 0 Å². The molecule has 0 radical (unpaired) electrons. The molecule has 0 spiro atoms. The van der Waals surface area contributed by atoms with Crippen LogP contribution in [0.15, 0.2) is 35.3 Å². The molecule has 1 atom stereocenters. The Balaban J connectivity index is 2.40. The van der Waals surface area contributed by atoms with Crippen molar-refractivity contribution in [2.24, 2.45) is 0 Å². The van der Waals surface area contributed by atoms with Gasteiger partial charge in [-0.05, 0) is 53.6 Å². The molecule has 0 amide bonds. The van der Waals surface area contributed by atoms with Gasteiger partial charge in [0.15, 0.2) is 0 Å². The average Bonchev–Trinajstić information content (AvgIpc) is 2.75. The first kappa shape index (κ1) is 10.3. The maximum atomic E-state index is 4.19. The fourth-order valence-electron chi connectivity index (χ4n) is 1.72. The Hall–Kier alpha value is -1.19. The molecule has 0 saturated carbocycles. The summed E-state index contributed by atoms with van der Waals surface area (Å²) in [6.45, 7) is 2.12. The van der Waals surface area contributed by atoms with Crippen LogP contribution in [0.4, 0.5) is 0 Å². The van der Waals surface area contributed by atoms with Crippen molar-refractivity contribution in [1.82, 2.24) is 10.3 Å². The zero-order valence-electron chi connectivity index (χ0n) is 8.90. The van der Waals surface area contributed by atoms with E-state index in [1.165, 1.54) is 16.7 Å². The smallest absolute Gasteiger partial charge is 0.0600 e. The SMILES string of the molecule is CNC(c1ccsc1)c1cnccc1C. The van der Waals surface area contributed by atoms with E-state index in [-0.39, 0.29) is 6.04 Å². The molecule has 2 heterocycles. The van der Waals surface area contributed by atoms with E-state index in [0.717, 1.165) is 0 Å². The van der Waals surface area contributed by atoms with Gasteiger partial charge in [-0.1, -0.05) is 0 Å². The minimum atomic E-state index is 0.255. The van der Waals surface area contributed by atoms with Crippen molar-refractivity contribution >= 4 is 11.3 Å². The van der Waals surface area contributed by atoms with E-state index >= 15 is 0 Å². The lowest BCUT2D eigenvalue weighted by molar-refractivity contribution is 0.686. The fourth-order valence-corrected chi connectivity index (χ4v) is 2.41. The quantitative estimate of drug-likeness (QED) is 0.857. The highest BCUT2D eigenvalue weighted by Crippen LogP contribution is 2.25. The molecule has 0 fully saturated rings. The number of hydrogen-bond acceptors (Lipinski definition) is 3. The van der Waals surface area contributed by atoms with Gasteiger partial charge in [0.1, 0.15) is 0 Å². The average molecular weight is 218 g/mol. The highest BCUT2D eigenvalue weighted by molar-refractivity contribution is 7.08. The number of aromatic nitrogens is 1. The molecule has 2 nitrogen and oxygen atoms in total. The van der Waals surface area contributed by atoms with Gasteiger partial charge in [0.05, 0.1) is 6.04 Å². The highest BCUT2D eigenvalue weighted by atomic mass is 32.1. The maximum Gasteiger partial charge on any atom is 0.0600 e. The zero-order valence-corrected chi connectivity index (χ0v) is 9.71. The van der Waals surface area contributed by atoms with Crippen LogP contribution in [0.5, 0.6) is 0 Å². The van der Waals surface area contributed by atoms with E-state index < -0.39 is 0 Å². The molecule has 0 aliphatic heterocycles. The maximum absolute atomic E-state index is 4.19. The minimum absolute atomic E-state index is 0.255. The highest BCUT2D eigenvalue weighted by Gasteiger charge is 2.14. The van der Waals surface area contributed by atoms with Crippen LogP contribution in [0.3, 0.4) is 0 Å². The Morgan fingerprint density at radius 2 is 2.27 bits per heavy atom. The second kappa shape index (κ2) is 4.55. The summed E-state index contributed by atoms with van der Waals surface area (Å²) < 4.78 is 0. The fraction of sp³-hybridized carbons (Fsp3) is 0.250. The Labute approximate surface area is 94.0 Å². The molecular weight excluding hydrogens is 204 g/mol. The number of hydrogen-bond donors (Lipinski definition) is 1. The lowest BCUT2D eigenvalue weighted by atomic mass is 9.99. The van der Waals surface area contributed by atoms with Crippen molar-refractivity contribution in [2.45, 2.75) is 13.0 Å². The van der Waals surface area contributed by atoms with Gasteiger partial charge in [-0.15, -0.1) is 0 Å². The first-order valence-electron chi connectivity index (χ1n) is 4.93. The predicted molar refractivity (Wildman–Crippen MR) is 64.2 cm³/mol. The molecule has 2 aromatic rings. The van der Waals surface area contributed by atoms with Crippen LogP contribution in [-0.2, 0) is 0 Å². The molecule has 15 heavy (non-hydrogen) atoms. The third-order valence-electron chi connectivity index (χ3n) is 2.56. The summed E-state index contributed by atoms with van der Waals surface area (Å²) >= 11 is 1.72. The van der Waals surface area contributed by atoms with Crippen molar-refractivity contribution < 1.29 is 0 Å². The first-order valence-corrected chi connectivity index (χ1v) is 5.87. The van der Waals surface area contributed by atoms with Crippen LogP contribution >= 0.6 is 11.3 Å². The molecular formula is C12H14N2S. The molecule has 0 aliphatic carbocycles. The first-order chi connectivity index (χ1) is 7.33. The van der Waals surface area contributed by atoms with Crippen LogP contribution in [0, 0.1) is 6.92 Å². The number of nitrogens with one attached hydrogen (secondary N) is 1. The van der Waals surface area contributed by atoms with Crippen LogP contribution < -0.4 is 5.32 Å². The van der Waals surface area contributed by atoms with Gasteiger partial charge in [0.25, 0.3) is 0 Å². The van der Waals surface area contributed by atoms with E-state index in [2.05, 4.69) is 34.1 Å². The van der Waals surface area contributed by atoms with Crippen molar-refractivity contribution in [1.29, 1.82) is 0 Å². The van der Waals surface area contributed by atoms with Crippen LogP contribution in [-0.4, -0.2) is 12.0 Å². The Morgan fingerprint density at radius 3 is 2.87 bits per heavy atom. The molecule has 0 aliphatic rings. The lowest BCUT2D eigenvalue weighted by Crippen LogP contribution is -2.18. The van der Waals surface area contributed by atoms with Gasteiger partial charge in [-0.2, -0.15) is 11.3 Å². The number of pyridine rings is 1. The molecule has 3 heteroatoms. The van der Waals surface area contributed by atoms with E-state index in [0.29, 0.717) is 0 Å². The van der Waals surface area contributed by atoms with Crippen molar-refractivity contribution in [2.75, 3.05) is 7.05 Å². The summed E-state index contributed by atoms with van der Waals surface area (Å²) in [5.41, 5.74) is 3.83. The van der Waals surface area contributed by atoms with E-state index in [1.54, 1.807) is 11.3 Å². The van der Waals surface area contributed by atoms with Gasteiger partial charge in [0.2, 0.25) is 0 Å². The summed E-state index contributed by atoms with van der Waals surface area (Å²) in [6.07, 6.45) is 3.77. The van der Waals surface area contributed by atoms with E-state index in [1.807, 2.05) is 25.5 Å². The summed E-state index contributed by atoms with van der Waals surface area (Å²) in [6, 6.07) is 4.45. The Morgan fingerprint density at radius 1 is 1.40 bits per heavy atom. The van der Waals surface area contributed by atoms with Gasteiger partial charge >= 0.3 is 0 Å². The van der Waals surface area contributed by atoms with Crippen molar-refractivity contribution in [3.8, 4) is 0 Å². The van der Waals surface area contributed by atoms with Gasteiger partial charge < -0.3 is 5.32 Å². The number of aryl methyl sites for hydroxylation is 1. The van der Waals surface area contributed by atoms with Gasteiger partial charge in [-0.3, -0.25) is 4.98 Å². The van der Waals surface area contributed by atoms with Crippen LogP contribution in [0.1, 0.15) is 22.7 Å². The normalized spacial score (nSPS) is 12.7. The second-order valence-corrected chi connectivity index (χ2v) is 4.29. The van der Waals surface area contributed by atoms with Crippen molar-refractivity contribution in [3.63, 3.8) is 0 Å². The van der Waals surface area contributed by atoms with Crippen LogP contribution in [0.25, 0.3) is 0 Å². The Kier molecular flexibility index (Phi) is 3.14. The number of rotatable bonds is 3. The third kappa shape index (κ3) is 2.08. The minimum Gasteiger partial charge on any atom is -0.309 e. The summed E-state index contributed by atoms with van der Waals surface area (Å²) in [7, 11) is 1.98. The Bertz CT molecular complexity index is 423. The monoisotopic (exact) mass is 218 g/mol. The van der Waals surface area contributed by atoms with Gasteiger partial charge in [-0.25, -0.2) is 0 Å². The predicted octanol–water partition coefficient (Wildman–Crippen LogP) is 2.76. The molecule has 1 N–H and O–H groups in total. The lowest BCUT2D eigenvalue weighted by Gasteiger charge is -2.17. The topological polar surface area (TPSA) is 24.9 Å². The standard InChI is InChI=1S/C12H14N2S/c1-9-3-5-14-7-11(9)12(13-2)10-4-6-15-8-10/h3-8,12-13H,1-2H3. The number of thiophene rings is 1. The van der Waals surface area contributed by atoms with Gasteiger partial charge in [0, 0.05) is 12.4 Å².